The predicted octanol–water partition coefficient (Wildman–Crippen LogP) is 2.60. The molecule has 0 aliphatic heterocycles. The molecule has 0 aliphatic rings. The van der Waals surface area contributed by atoms with Crippen molar-refractivity contribution in [1.82, 2.24) is 0 Å². The Morgan fingerprint density at radius 3 is 2.76 bits per heavy atom. The molecular formula is C13H9NO3. The quantitative estimate of drug-likeness (QED) is 0.740. The molecule has 0 unspecified atom stereocenters. The summed E-state index contributed by atoms with van der Waals surface area (Å²) in [6, 6.07) is 12.3. The lowest BCUT2D eigenvalue weighted by atomic mass is 10.1. The normalized spacial score (nSPS) is 9.65. The van der Waals surface area contributed by atoms with Crippen molar-refractivity contribution in [2.45, 2.75) is 0 Å². The zero-order chi connectivity index (χ0) is 12.3. The van der Waals surface area contributed by atoms with Gasteiger partial charge >= 0.3 is 5.97 Å². The summed E-state index contributed by atoms with van der Waals surface area (Å²) in [7, 11) is 1.29. The molecule has 0 saturated heterocycles. The van der Waals surface area contributed by atoms with E-state index < -0.39 is 5.97 Å². The zero-order valence-corrected chi connectivity index (χ0v) is 9.14. The Morgan fingerprint density at radius 2 is 2.06 bits per heavy atom. The molecule has 0 saturated carbocycles. The van der Waals surface area contributed by atoms with Crippen LogP contribution in [-0.2, 0) is 4.74 Å². The van der Waals surface area contributed by atoms with E-state index in [1.54, 1.807) is 30.3 Å². The highest BCUT2D eigenvalue weighted by molar-refractivity contribution is 5.87. The van der Waals surface area contributed by atoms with Gasteiger partial charge in [0, 0.05) is 5.56 Å². The van der Waals surface area contributed by atoms with Gasteiger partial charge in [-0.3, -0.25) is 0 Å². The zero-order valence-electron chi connectivity index (χ0n) is 9.14. The molecular weight excluding hydrogens is 218 g/mol. The van der Waals surface area contributed by atoms with Crippen LogP contribution < -0.4 is 0 Å². The van der Waals surface area contributed by atoms with Gasteiger partial charge in [0.05, 0.1) is 18.7 Å². The van der Waals surface area contributed by atoms with E-state index in [1.165, 1.54) is 13.2 Å². The van der Waals surface area contributed by atoms with Gasteiger partial charge in [0.15, 0.2) is 0 Å². The largest absolute Gasteiger partial charge is 0.463 e. The molecule has 2 aromatic rings. The van der Waals surface area contributed by atoms with E-state index in [2.05, 4.69) is 10.8 Å². The van der Waals surface area contributed by atoms with Gasteiger partial charge in [-0.05, 0) is 24.3 Å². The van der Waals surface area contributed by atoms with Crippen LogP contribution in [0.25, 0.3) is 11.3 Å². The molecule has 0 fully saturated rings. The van der Waals surface area contributed by atoms with Crippen LogP contribution in [0, 0.1) is 11.3 Å². The maximum absolute atomic E-state index is 11.2. The van der Waals surface area contributed by atoms with Crippen LogP contribution in [0.3, 0.4) is 0 Å². The number of methoxy groups -OCH3 is 1. The van der Waals surface area contributed by atoms with Crippen molar-refractivity contribution in [2.24, 2.45) is 0 Å². The minimum absolute atomic E-state index is 0.121. The first-order valence-electron chi connectivity index (χ1n) is 4.94. The maximum Gasteiger partial charge on any atom is 0.373 e. The molecule has 0 N–H and O–H groups in total. The van der Waals surface area contributed by atoms with E-state index >= 15 is 0 Å². The topological polar surface area (TPSA) is 63.2 Å². The number of ether oxygens (including phenoxy) is 1. The summed E-state index contributed by atoms with van der Waals surface area (Å²) in [5, 5.41) is 8.96. The number of esters is 1. The third-order valence-electron chi connectivity index (χ3n) is 2.31. The molecule has 0 atom stereocenters. The number of benzene rings is 1. The van der Waals surface area contributed by atoms with E-state index in [0.717, 1.165) is 0 Å². The van der Waals surface area contributed by atoms with Gasteiger partial charge in [0.1, 0.15) is 5.76 Å². The summed E-state index contributed by atoms with van der Waals surface area (Å²) in [6.07, 6.45) is 0. The summed E-state index contributed by atoms with van der Waals surface area (Å²) in [5.41, 5.74) is 1.16. The molecule has 0 aliphatic carbocycles. The molecule has 2 rings (SSSR count). The SMILES string of the molecule is COC(=O)c1ccc(-c2ccccc2C#N)o1. The number of nitrogens with zero attached hydrogens (tertiary/aromatic N) is 1. The van der Waals surface area contributed by atoms with Gasteiger partial charge in [-0.1, -0.05) is 12.1 Å². The summed E-state index contributed by atoms with van der Waals surface area (Å²) in [4.78, 5) is 11.2. The number of carbonyl (C=O) groups excluding carboxylic acids is 1. The summed E-state index contributed by atoms with van der Waals surface area (Å²) < 4.78 is 9.88. The smallest absolute Gasteiger partial charge is 0.373 e. The molecule has 0 amide bonds. The Morgan fingerprint density at radius 1 is 1.29 bits per heavy atom. The van der Waals surface area contributed by atoms with Gasteiger partial charge in [0.2, 0.25) is 5.76 Å². The molecule has 1 aromatic carbocycles. The summed E-state index contributed by atoms with van der Waals surface area (Å²) >= 11 is 0. The van der Waals surface area contributed by atoms with Crippen LogP contribution in [0.4, 0.5) is 0 Å². The number of furan rings is 1. The van der Waals surface area contributed by atoms with Gasteiger partial charge in [-0.25, -0.2) is 4.79 Å². The number of rotatable bonds is 2. The molecule has 0 spiro atoms. The lowest BCUT2D eigenvalue weighted by Gasteiger charge is -1.99. The number of hydrogen-bond donors (Lipinski definition) is 0. The van der Waals surface area contributed by atoms with Crippen molar-refractivity contribution < 1.29 is 13.9 Å². The lowest BCUT2D eigenvalue weighted by molar-refractivity contribution is 0.0566. The van der Waals surface area contributed by atoms with E-state index in [4.69, 9.17) is 9.68 Å². The molecule has 4 heteroatoms. The Balaban J connectivity index is 2.44. The average molecular weight is 227 g/mol. The van der Waals surface area contributed by atoms with Crippen LogP contribution in [0.2, 0.25) is 0 Å². The van der Waals surface area contributed by atoms with Crippen molar-refractivity contribution in [3.8, 4) is 17.4 Å². The third-order valence-corrected chi connectivity index (χ3v) is 2.31. The van der Waals surface area contributed by atoms with Crippen LogP contribution in [0.5, 0.6) is 0 Å². The second-order valence-electron chi connectivity index (χ2n) is 3.31. The van der Waals surface area contributed by atoms with E-state index in [1.807, 2.05) is 0 Å². The van der Waals surface area contributed by atoms with Gasteiger partial charge in [0.25, 0.3) is 0 Å². The van der Waals surface area contributed by atoms with Crippen molar-refractivity contribution in [3.63, 3.8) is 0 Å². The lowest BCUT2D eigenvalue weighted by Crippen LogP contribution is -1.98. The van der Waals surface area contributed by atoms with Crippen molar-refractivity contribution in [2.75, 3.05) is 7.11 Å². The van der Waals surface area contributed by atoms with Crippen LogP contribution >= 0.6 is 0 Å². The van der Waals surface area contributed by atoms with E-state index in [0.29, 0.717) is 16.9 Å². The van der Waals surface area contributed by atoms with Gasteiger partial charge < -0.3 is 9.15 Å². The molecule has 4 nitrogen and oxygen atoms in total. The first-order valence-corrected chi connectivity index (χ1v) is 4.94. The van der Waals surface area contributed by atoms with Crippen LogP contribution in [-0.4, -0.2) is 13.1 Å². The van der Waals surface area contributed by atoms with Crippen LogP contribution in [0.1, 0.15) is 16.1 Å². The summed E-state index contributed by atoms with van der Waals surface area (Å²) in [6.45, 7) is 0. The first-order chi connectivity index (χ1) is 8.26. The number of carbonyl (C=O) groups is 1. The third kappa shape index (κ3) is 2.04. The van der Waals surface area contributed by atoms with E-state index in [9.17, 15) is 4.79 Å². The van der Waals surface area contributed by atoms with Crippen molar-refractivity contribution in [1.29, 1.82) is 5.26 Å². The number of nitriles is 1. The van der Waals surface area contributed by atoms with Crippen molar-refractivity contribution in [3.05, 3.63) is 47.7 Å². The van der Waals surface area contributed by atoms with Gasteiger partial charge in [-0.2, -0.15) is 5.26 Å². The average Bonchev–Trinajstić information content (AvgIpc) is 2.87. The van der Waals surface area contributed by atoms with Crippen LogP contribution in [0.15, 0.2) is 40.8 Å². The maximum atomic E-state index is 11.2. The molecule has 84 valence electrons. The number of hydrogen-bond acceptors (Lipinski definition) is 4. The monoisotopic (exact) mass is 227 g/mol. The standard InChI is InChI=1S/C13H9NO3/c1-16-13(15)12-7-6-11(17-12)10-5-3-2-4-9(10)8-14/h2-7H,1H3. The highest BCUT2D eigenvalue weighted by Crippen LogP contribution is 2.25. The fraction of sp³-hybridized carbons (Fsp3) is 0.0769. The fourth-order valence-corrected chi connectivity index (χ4v) is 1.49. The summed E-state index contributed by atoms with van der Waals surface area (Å²) in [5.74, 6) is 0.0588. The van der Waals surface area contributed by atoms with E-state index in [-0.39, 0.29) is 5.76 Å². The Kier molecular flexibility index (Phi) is 2.93. The predicted molar refractivity (Wildman–Crippen MR) is 60.2 cm³/mol. The molecule has 1 heterocycles. The highest BCUT2D eigenvalue weighted by Gasteiger charge is 2.13. The molecule has 0 bridgehead atoms. The Labute approximate surface area is 98.0 Å². The first kappa shape index (κ1) is 11.0. The Bertz CT molecular complexity index is 593. The minimum Gasteiger partial charge on any atom is -0.463 e. The fourth-order valence-electron chi connectivity index (χ4n) is 1.49. The molecule has 17 heavy (non-hydrogen) atoms. The van der Waals surface area contributed by atoms with Gasteiger partial charge in [-0.15, -0.1) is 0 Å². The minimum atomic E-state index is -0.536. The molecule has 1 aromatic heterocycles. The molecule has 0 radical (unpaired) electrons. The van der Waals surface area contributed by atoms with Crippen molar-refractivity contribution >= 4 is 5.97 Å². The highest BCUT2D eigenvalue weighted by atomic mass is 16.5. The second-order valence-corrected chi connectivity index (χ2v) is 3.31. The second kappa shape index (κ2) is 4.54. The Hall–Kier alpha value is -2.54.